The average molecular weight is 224 g/mol. The Morgan fingerprint density at radius 1 is 1.50 bits per heavy atom. The summed E-state index contributed by atoms with van der Waals surface area (Å²) in [6, 6.07) is 1.31. The first-order chi connectivity index (χ1) is 7.56. The second kappa shape index (κ2) is 5.47. The quantitative estimate of drug-likeness (QED) is 0.608. The van der Waals surface area contributed by atoms with Gasteiger partial charge in [-0.15, -0.1) is 0 Å². The Hall–Kier alpha value is -1.61. The highest BCUT2D eigenvalue weighted by atomic mass is 16.2. The van der Waals surface area contributed by atoms with E-state index in [9.17, 15) is 9.59 Å². The summed E-state index contributed by atoms with van der Waals surface area (Å²) >= 11 is 0. The van der Waals surface area contributed by atoms with Gasteiger partial charge in [-0.3, -0.25) is 9.59 Å². The summed E-state index contributed by atoms with van der Waals surface area (Å²) in [5, 5.41) is 8.49. The molecule has 4 N–H and O–H groups in total. The highest BCUT2D eigenvalue weighted by molar-refractivity contribution is 5.87. The molecule has 0 saturated heterocycles. The molecule has 2 amide bonds. The molecule has 1 unspecified atom stereocenters. The van der Waals surface area contributed by atoms with E-state index < -0.39 is 11.9 Å². The third kappa shape index (κ3) is 3.51. The van der Waals surface area contributed by atoms with Crippen LogP contribution in [0.4, 0.5) is 0 Å². The van der Waals surface area contributed by atoms with Gasteiger partial charge in [0.15, 0.2) is 0 Å². The lowest BCUT2D eigenvalue weighted by atomic mass is 10.2. The van der Waals surface area contributed by atoms with Crippen LogP contribution in [0.15, 0.2) is 0 Å². The van der Waals surface area contributed by atoms with Crippen molar-refractivity contribution in [2.45, 2.75) is 37.8 Å². The van der Waals surface area contributed by atoms with Gasteiger partial charge in [0.1, 0.15) is 0 Å². The predicted molar refractivity (Wildman–Crippen MR) is 56.8 cm³/mol. The molecule has 0 aromatic carbocycles. The molecule has 0 heterocycles. The molecule has 0 spiro atoms. The maximum atomic E-state index is 11.8. The van der Waals surface area contributed by atoms with Gasteiger partial charge in [-0.1, -0.05) is 0 Å². The van der Waals surface area contributed by atoms with Gasteiger partial charge in [0.2, 0.25) is 11.8 Å². The molecule has 0 aromatic heterocycles. The molecule has 6 heteroatoms. The first-order valence-corrected chi connectivity index (χ1v) is 5.27. The van der Waals surface area contributed by atoms with E-state index in [1.54, 1.807) is 4.90 Å². The molecule has 1 aliphatic carbocycles. The van der Waals surface area contributed by atoms with Crippen LogP contribution in [-0.4, -0.2) is 35.3 Å². The average Bonchev–Trinajstić information content (AvgIpc) is 3.01. The second-order valence-electron chi connectivity index (χ2n) is 3.95. The Bertz CT molecular complexity index is 319. The molecule has 16 heavy (non-hydrogen) atoms. The smallest absolute Gasteiger partial charge is 0.240 e. The van der Waals surface area contributed by atoms with Crippen molar-refractivity contribution >= 4 is 11.8 Å². The normalized spacial score (nSPS) is 16.2. The molecule has 1 rings (SSSR count). The Kier molecular flexibility index (Phi) is 4.26. The van der Waals surface area contributed by atoms with Gasteiger partial charge < -0.3 is 16.4 Å². The molecule has 1 aliphatic rings. The van der Waals surface area contributed by atoms with E-state index in [0.29, 0.717) is 6.54 Å². The summed E-state index contributed by atoms with van der Waals surface area (Å²) in [5.74, 6) is -0.867. The number of amides is 2. The van der Waals surface area contributed by atoms with Crippen LogP contribution in [0.2, 0.25) is 0 Å². The van der Waals surface area contributed by atoms with Crippen LogP contribution >= 0.6 is 0 Å². The summed E-state index contributed by atoms with van der Waals surface area (Å²) in [5.41, 5.74) is 10.6. The molecule has 0 aromatic rings. The Labute approximate surface area is 94.2 Å². The van der Waals surface area contributed by atoms with Crippen molar-refractivity contribution < 1.29 is 9.59 Å². The van der Waals surface area contributed by atoms with Gasteiger partial charge in [-0.25, -0.2) is 0 Å². The van der Waals surface area contributed by atoms with Crippen LogP contribution in [0.5, 0.6) is 0 Å². The van der Waals surface area contributed by atoms with Gasteiger partial charge in [-0.05, 0) is 12.8 Å². The highest BCUT2D eigenvalue weighted by Gasteiger charge is 2.34. The van der Waals surface area contributed by atoms with Crippen molar-refractivity contribution in [3.05, 3.63) is 0 Å². The van der Waals surface area contributed by atoms with E-state index in [2.05, 4.69) is 0 Å². The largest absolute Gasteiger partial charge is 0.370 e. The summed E-state index contributed by atoms with van der Waals surface area (Å²) in [6.07, 6.45) is 2.03. The Balaban J connectivity index is 2.53. The molecule has 0 aliphatic heterocycles. The zero-order valence-corrected chi connectivity index (χ0v) is 9.06. The zero-order chi connectivity index (χ0) is 12.1. The number of nitrogens with two attached hydrogens (primary N) is 2. The Morgan fingerprint density at radius 2 is 2.12 bits per heavy atom. The third-order valence-electron chi connectivity index (χ3n) is 2.47. The number of carbonyl (C=O) groups excluding carboxylic acids is 2. The van der Waals surface area contributed by atoms with Crippen LogP contribution in [0.1, 0.15) is 25.7 Å². The minimum Gasteiger partial charge on any atom is -0.370 e. The summed E-state index contributed by atoms with van der Waals surface area (Å²) in [4.78, 5) is 24.1. The second-order valence-corrected chi connectivity index (χ2v) is 3.95. The first-order valence-electron chi connectivity index (χ1n) is 5.27. The fraction of sp³-hybridized carbons (Fsp3) is 0.700. The zero-order valence-electron chi connectivity index (χ0n) is 9.06. The van der Waals surface area contributed by atoms with Crippen molar-refractivity contribution in [3.63, 3.8) is 0 Å². The monoisotopic (exact) mass is 224 g/mol. The minimum atomic E-state index is -0.878. The third-order valence-corrected chi connectivity index (χ3v) is 2.47. The van der Waals surface area contributed by atoms with Gasteiger partial charge in [-0.2, -0.15) is 5.26 Å². The van der Waals surface area contributed by atoms with Crippen molar-refractivity contribution in [1.29, 1.82) is 5.26 Å². The van der Waals surface area contributed by atoms with Crippen molar-refractivity contribution in [2.75, 3.05) is 6.54 Å². The number of carbonyl (C=O) groups is 2. The molecular weight excluding hydrogens is 208 g/mol. The SMILES string of the molecule is N#CCCN(C(=O)C(N)CC(N)=O)C1CC1. The number of rotatable bonds is 6. The standard InChI is InChI=1S/C10H16N4O2/c11-4-1-5-14(7-2-3-7)10(16)8(12)6-9(13)15/h7-8H,1-3,5-6,12H2,(H2,13,15). The number of nitrogens with zero attached hydrogens (tertiary/aromatic N) is 2. The van der Waals surface area contributed by atoms with Gasteiger partial charge in [0.05, 0.1) is 25.0 Å². The minimum absolute atomic E-state index is 0.144. The Morgan fingerprint density at radius 3 is 2.56 bits per heavy atom. The first kappa shape index (κ1) is 12.5. The molecule has 1 fully saturated rings. The van der Waals surface area contributed by atoms with Crippen LogP contribution in [0.3, 0.4) is 0 Å². The van der Waals surface area contributed by atoms with E-state index in [4.69, 9.17) is 16.7 Å². The van der Waals surface area contributed by atoms with Crippen LogP contribution < -0.4 is 11.5 Å². The van der Waals surface area contributed by atoms with Crippen molar-refractivity contribution in [1.82, 2.24) is 4.90 Å². The number of primary amides is 1. The van der Waals surface area contributed by atoms with Crippen LogP contribution in [0.25, 0.3) is 0 Å². The lowest BCUT2D eigenvalue weighted by Gasteiger charge is -2.24. The van der Waals surface area contributed by atoms with Crippen molar-refractivity contribution in [3.8, 4) is 6.07 Å². The van der Waals surface area contributed by atoms with Crippen molar-refractivity contribution in [2.24, 2.45) is 11.5 Å². The van der Waals surface area contributed by atoms with Crippen LogP contribution in [0, 0.1) is 11.3 Å². The van der Waals surface area contributed by atoms with Crippen LogP contribution in [-0.2, 0) is 9.59 Å². The van der Waals surface area contributed by atoms with E-state index in [0.717, 1.165) is 12.8 Å². The van der Waals surface area contributed by atoms with Gasteiger partial charge in [0, 0.05) is 12.6 Å². The summed E-state index contributed by atoms with van der Waals surface area (Å²) in [6.45, 7) is 0.381. The number of hydrogen-bond acceptors (Lipinski definition) is 4. The predicted octanol–water partition coefficient (Wildman–Crippen LogP) is -0.906. The van der Waals surface area contributed by atoms with E-state index in [1.807, 2.05) is 6.07 Å². The molecule has 0 bridgehead atoms. The fourth-order valence-electron chi connectivity index (χ4n) is 1.55. The fourth-order valence-corrected chi connectivity index (χ4v) is 1.55. The van der Waals surface area contributed by atoms with E-state index in [1.165, 1.54) is 0 Å². The topological polar surface area (TPSA) is 113 Å². The maximum absolute atomic E-state index is 11.8. The number of hydrogen-bond donors (Lipinski definition) is 2. The summed E-state index contributed by atoms with van der Waals surface area (Å²) in [7, 11) is 0. The molecule has 1 saturated carbocycles. The van der Waals surface area contributed by atoms with Gasteiger partial charge >= 0.3 is 0 Å². The summed E-state index contributed by atoms with van der Waals surface area (Å²) < 4.78 is 0. The molecule has 1 atom stereocenters. The molecule has 88 valence electrons. The highest BCUT2D eigenvalue weighted by Crippen LogP contribution is 2.27. The van der Waals surface area contributed by atoms with E-state index >= 15 is 0 Å². The van der Waals surface area contributed by atoms with Gasteiger partial charge in [0.25, 0.3) is 0 Å². The lowest BCUT2D eigenvalue weighted by Crippen LogP contribution is -2.46. The number of nitriles is 1. The van der Waals surface area contributed by atoms with E-state index in [-0.39, 0.29) is 24.8 Å². The molecule has 0 radical (unpaired) electrons. The molecule has 6 nitrogen and oxygen atoms in total. The maximum Gasteiger partial charge on any atom is 0.240 e. The molecular formula is C10H16N4O2. The lowest BCUT2D eigenvalue weighted by molar-refractivity contribution is -0.135.